The fourth-order valence-corrected chi connectivity index (χ4v) is 2.90. The van der Waals surface area contributed by atoms with Gasteiger partial charge in [-0.3, -0.25) is 0 Å². The van der Waals surface area contributed by atoms with Crippen LogP contribution in [0.2, 0.25) is 0 Å². The standard InChI is InChI=1S/C14H25N3O/c1-13(2)5-7-14(18-4,8-6-13)11(15)12-16-9-10-17(12)3/h9-11H,5-8,15H2,1-4H3. The Morgan fingerprint density at radius 1 is 1.33 bits per heavy atom. The van der Waals surface area contributed by atoms with E-state index in [9.17, 15) is 0 Å². The van der Waals surface area contributed by atoms with Gasteiger partial charge >= 0.3 is 0 Å². The third-order valence-corrected chi connectivity index (χ3v) is 4.56. The molecule has 1 aliphatic carbocycles. The number of rotatable bonds is 3. The molecular weight excluding hydrogens is 226 g/mol. The van der Waals surface area contributed by atoms with Gasteiger partial charge in [0, 0.05) is 26.6 Å². The van der Waals surface area contributed by atoms with Gasteiger partial charge in [0.05, 0.1) is 11.6 Å². The Kier molecular flexibility index (Phi) is 3.52. The van der Waals surface area contributed by atoms with Crippen molar-refractivity contribution < 1.29 is 4.74 Å². The van der Waals surface area contributed by atoms with Gasteiger partial charge in [-0.15, -0.1) is 0 Å². The van der Waals surface area contributed by atoms with Crippen molar-refractivity contribution in [3.8, 4) is 0 Å². The third kappa shape index (κ3) is 2.31. The van der Waals surface area contributed by atoms with Gasteiger partial charge in [0.25, 0.3) is 0 Å². The van der Waals surface area contributed by atoms with Crippen molar-refractivity contribution >= 4 is 0 Å². The highest BCUT2D eigenvalue weighted by molar-refractivity contribution is 5.08. The number of aromatic nitrogens is 2. The summed E-state index contributed by atoms with van der Waals surface area (Å²) in [5.41, 5.74) is 6.59. The normalized spacial score (nSPS) is 23.8. The van der Waals surface area contributed by atoms with Gasteiger partial charge in [0.2, 0.25) is 0 Å². The number of nitrogens with zero attached hydrogens (tertiary/aromatic N) is 2. The van der Waals surface area contributed by atoms with Gasteiger partial charge in [-0.05, 0) is 31.1 Å². The predicted molar refractivity (Wildman–Crippen MR) is 72.1 cm³/mol. The largest absolute Gasteiger partial charge is 0.376 e. The van der Waals surface area contributed by atoms with E-state index in [1.54, 1.807) is 13.3 Å². The quantitative estimate of drug-likeness (QED) is 0.897. The van der Waals surface area contributed by atoms with Gasteiger partial charge in [-0.2, -0.15) is 0 Å². The van der Waals surface area contributed by atoms with Crippen molar-refractivity contribution in [2.45, 2.75) is 51.2 Å². The molecule has 0 saturated heterocycles. The van der Waals surface area contributed by atoms with Crippen LogP contribution in [0.4, 0.5) is 0 Å². The summed E-state index contributed by atoms with van der Waals surface area (Å²) in [6.07, 6.45) is 8.05. The van der Waals surface area contributed by atoms with Gasteiger partial charge < -0.3 is 15.0 Å². The van der Waals surface area contributed by atoms with E-state index in [-0.39, 0.29) is 11.6 Å². The fraction of sp³-hybridized carbons (Fsp3) is 0.786. The zero-order valence-electron chi connectivity index (χ0n) is 11.9. The van der Waals surface area contributed by atoms with Gasteiger partial charge in [0.15, 0.2) is 0 Å². The number of hydrogen-bond acceptors (Lipinski definition) is 3. The zero-order chi connectivity index (χ0) is 13.4. The average Bonchev–Trinajstić information content (AvgIpc) is 2.75. The van der Waals surface area contributed by atoms with Crippen LogP contribution in [-0.2, 0) is 11.8 Å². The first-order valence-corrected chi connectivity index (χ1v) is 6.68. The number of imidazole rings is 1. The van der Waals surface area contributed by atoms with Crippen LogP contribution in [0.15, 0.2) is 12.4 Å². The number of aryl methyl sites for hydroxylation is 1. The molecule has 4 heteroatoms. The molecule has 1 saturated carbocycles. The summed E-state index contributed by atoms with van der Waals surface area (Å²) in [6.45, 7) is 4.64. The lowest BCUT2D eigenvalue weighted by atomic mass is 9.68. The second-order valence-electron chi connectivity index (χ2n) is 6.31. The van der Waals surface area contributed by atoms with E-state index in [0.29, 0.717) is 5.41 Å². The summed E-state index contributed by atoms with van der Waals surface area (Å²) in [5.74, 6) is 0.913. The number of hydrogen-bond donors (Lipinski definition) is 1. The molecule has 4 nitrogen and oxygen atoms in total. The van der Waals surface area contributed by atoms with Crippen LogP contribution in [0.5, 0.6) is 0 Å². The smallest absolute Gasteiger partial charge is 0.128 e. The van der Waals surface area contributed by atoms with Crippen LogP contribution >= 0.6 is 0 Å². The van der Waals surface area contributed by atoms with Crippen LogP contribution in [0.3, 0.4) is 0 Å². The fourth-order valence-electron chi connectivity index (χ4n) is 2.90. The zero-order valence-corrected chi connectivity index (χ0v) is 11.9. The van der Waals surface area contributed by atoms with Crippen LogP contribution in [0.25, 0.3) is 0 Å². The summed E-state index contributed by atoms with van der Waals surface area (Å²) < 4.78 is 7.83. The summed E-state index contributed by atoms with van der Waals surface area (Å²) >= 11 is 0. The van der Waals surface area contributed by atoms with Crippen LogP contribution in [-0.4, -0.2) is 22.3 Å². The van der Waals surface area contributed by atoms with Crippen molar-refractivity contribution in [1.82, 2.24) is 9.55 Å². The first kappa shape index (κ1) is 13.6. The van der Waals surface area contributed by atoms with Gasteiger partial charge in [-0.25, -0.2) is 4.98 Å². The molecule has 1 fully saturated rings. The van der Waals surface area contributed by atoms with E-state index in [1.165, 1.54) is 0 Å². The molecule has 2 rings (SSSR count). The number of methoxy groups -OCH3 is 1. The lowest BCUT2D eigenvalue weighted by Crippen LogP contribution is -2.48. The Labute approximate surface area is 110 Å². The highest BCUT2D eigenvalue weighted by atomic mass is 16.5. The summed E-state index contributed by atoms with van der Waals surface area (Å²) in [5, 5.41) is 0. The highest BCUT2D eigenvalue weighted by Gasteiger charge is 2.44. The third-order valence-electron chi connectivity index (χ3n) is 4.56. The Balaban J connectivity index is 2.21. The molecule has 102 valence electrons. The van der Waals surface area contributed by atoms with E-state index < -0.39 is 0 Å². The molecule has 1 aromatic rings. The van der Waals surface area contributed by atoms with E-state index in [0.717, 1.165) is 31.5 Å². The van der Waals surface area contributed by atoms with E-state index >= 15 is 0 Å². The molecule has 1 heterocycles. The Bertz CT molecular complexity index is 401. The maximum absolute atomic E-state index is 6.44. The minimum absolute atomic E-state index is 0.154. The Hall–Kier alpha value is -0.870. The molecular formula is C14H25N3O. The first-order valence-electron chi connectivity index (χ1n) is 6.68. The van der Waals surface area contributed by atoms with Gasteiger partial charge in [0.1, 0.15) is 5.82 Å². The van der Waals surface area contributed by atoms with Crippen LogP contribution < -0.4 is 5.73 Å². The first-order chi connectivity index (χ1) is 8.40. The minimum Gasteiger partial charge on any atom is -0.376 e. The van der Waals surface area contributed by atoms with Crippen molar-refractivity contribution in [3.05, 3.63) is 18.2 Å². The molecule has 0 aliphatic heterocycles. The SMILES string of the molecule is COC1(C(N)c2nccn2C)CCC(C)(C)CC1. The highest BCUT2D eigenvalue weighted by Crippen LogP contribution is 2.46. The molecule has 0 amide bonds. The predicted octanol–water partition coefficient (Wildman–Crippen LogP) is 2.41. The number of nitrogens with two attached hydrogens (primary N) is 1. The molecule has 2 N–H and O–H groups in total. The molecule has 0 spiro atoms. The van der Waals surface area contributed by atoms with E-state index in [2.05, 4.69) is 18.8 Å². The van der Waals surface area contributed by atoms with Crippen molar-refractivity contribution in [2.24, 2.45) is 18.2 Å². The monoisotopic (exact) mass is 251 g/mol. The Morgan fingerprint density at radius 3 is 2.39 bits per heavy atom. The molecule has 1 aromatic heterocycles. The van der Waals surface area contributed by atoms with Crippen molar-refractivity contribution in [1.29, 1.82) is 0 Å². The maximum atomic E-state index is 6.44. The summed E-state index contributed by atoms with van der Waals surface area (Å²) in [6, 6.07) is -0.154. The second kappa shape index (κ2) is 4.67. The second-order valence-corrected chi connectivity index (χ2v) is 6.31. The van der Waals surface area contributed by atoms with E-state index in [1.807, 2.05) is 17.8 Å². The van der Waals surface area contributed by atoms with E-state index in [4.69, 9.17) is 10.5 Å². The molecule has 0 aromatic carbocycles. The van der Waals surface area contributed by atoms with Crippen molar-refractivity contribution in [2.75, 3.05) is 7.11 Å². The lowest BCUT2D eigenvalue weighted by molar-refractivity contribution is -0.0815. The van der Waals surface area contributed by atoms with Gasteiger partial charge in [-0.1, -0.05) is 13.8 Å². The summed E-state index contributed by atoms with van der Waals surface area (Å²) in [4.78, 5) is 4.38. The topological polar surface area (TPSA) is 53.1 Å². The molecule has 18 heavy (non-hydrogen) atoms. The lowest BCUT2D eigenvalue weighted by Gasteiger charge is -2.45. The van der Waals surface area contributed by atoms with Crippen molar-refractivity contribution in [3.63, 3.8) is 0 Å². The van der Waals surface area contributed by atoms with Crippen LogP contribution in [0.1, 0.15) is 51.4 Å². The average molecular weight is 251 g/mol. The molecule has 1 aliphatic rings. The Morgan fingerprint density at radius 2 is 1.94 bits per heavy atom. The minimum atomic E-state index is -0.255. The molecule has 0 bridgehead atoms. The molecule has 1 unspecified atom stereocenters. The van der Waals surface area contributed by atoms with Crippen LogP contribution in [0, 0.1) is 5.41 Å². The molecule has 1 atom stereocenters. The number of ether oxygens (including phenoxy) is 1. The summed E-state index contributed by atoms with van der Waals surface area (Å²) in [7, 11) is 3.76. The maximum Gasteiger partial charge on any atom is 0.128 e. The molecule has 0 radical (unpaired) electrons.